The molecule has 2 heterocycles. The maximum absolute atomic E-state index is 12.8. The SMILES string of the molecule is Cc1nn(C)c(C)c1CC(=O)Nc1cc(S(=O)(=O)N2CCCCC2)ccc1O. The van der Waals surface area contributed by atoms with Crippen molar-refractivity contribution >= 4 is 21.6 Å². The van der Waals surface area contributed by atoms with Crippen LogP contribution < -0.4 is 5.32 Å². The average molecular weight is 407 g/mol. The van der Waals surface area contributed by atoms with Gasteiger partial charge in [-0.25, -0.2) is 8.42 Å². The van der Waals surface area contributed by atoms with E-state index in [9.17, 15) is 18.3 Å². The van der Waals surface area contributed by atoms with Crippen molar-refractivity contribution < 1.29 is 18.3 Å². The Balaban J connectivity index is 1.80. The molecule has 2 aromatic rings. The van der Waals surface area contributed by atoms with Gasteiger partial charge in [-0.05, 0) is 44.9 Å². The van der Waals surface area contributed by atoms with Crippen LogP contribution in [0.25, 0.3) is 0 Å². The Morgan fingerprint density at radius 3 is 2.50 bits per heavy atom. The summed E-state index contributed by atoms with van der Waals surface area (Å²) in [6.45, 7) is 4.69. The summed E-state index contributed by atoms with van der Waals surface area (Å²) in [5.41, 5.74) is 2.55. The number of phenolic OH excluding ortho intramolecular Hbond substituents is 1. The Morgan fingerprint density at radius 1 is 1.21 bits per heavy atom. The molecule has 0 bridgehead atoms. The molecule has 0 radical (unpaired) electrons. The molecular formula is C19H26N4O4S. The summed E-state index contributed by atoms with van der Waals surface area (Å²) in [7, 11) is -1.84. The van der Waals surface area contributed by atoms with E-state index in [1.54, 1.807) is 4.68 Å². The molecule has 0 atom stereocenters. The standard InChI is InChI=1S/C19H26N4O4S/c1-13-16(14(2)22(3)21-13)12-19(25)20-17-11-15(7-8-18(17)24)28(26,27)23-9-5-4-6-10-23/h7-8,11,24H,4-6,9-10,12H2,1-3H3,(H,20,25). The van der Waals surface area contributed by atoms with E-state index in [0.717, 1.165) is 36.2 Å². The summed E-state index contributed by atoms with van der Waals surface area (Å²) in [5.74, 6) is -0.521. The van der Waals surface area contributed by atoms with E-state index in [2.05, 4.69) is 10.4 Å². The normalized spacial score (nSPS) is 15.5. The van der Waals surface area contributed by atoms with Gasteiger partial charge in [-0.3, -0.25) is 9.48 Å². The third-order valence-corrected chi connectivity index (χ3v) is 7.09. The van der Waals surface area contributed by atoms with Gasteiger partial charge in [0.25, 0.3) is 0 Å². The molecule has 1 aliphatic heterocycles. The summed E-state index contributed by atoms with van der Waals surface area (Å²) in [4.78, 5) is 12.6. The Labute approximate surface area is 165 Å². The number of aryl methyl sites for hydroxylation is 2. The maximum atomic E-state index is 12.8. The van der Waals surface area contributed by atoms with Gasteiger partial charge in [0, 0.05) is 31.4 Å². The first-order valence-electron chi connectivity index (χ1n) is 9.32. The molecule has 2 N–H and O–H groups in total. The van der Waals surface area contributed by atoms with Gasteiger partial charge in [0.15, 0.2) is 0 Å². The van der Waals surface area contributed by atoms with E-state index in [0.29, 0.717) is 13.1 Å². The largest absolute Gasteiger partial charge is 0.506 e. The first kappa shape index (κ1) is 20.3. The number of carbonyl (C=O) groups is 1. The van der Waals surface area contributed by atoms with Crippen molar-refractivity contribution in [3.05, 3.63) is 35.2 Å². The minimum Gasteiger partial charge on any atom is -0.506 e. The summed E-state index contributed by atoms with van der Waals surface area (Å²) >= 11 is 0. The van der Waals surface area contributed by atoms with Crippen LogP contribution in [0.2, 0.25) is 0 Å². The fourth-order valence-corrected chi connectivity index (χ4v) is 5.00. The Bertz CT molecular complexity index is 992. The van der Waals surface area contributed by atoms with E-state index >= 15 is 0 Å². The van der Waals surface area contributed by atoms with Crippen molar-refractivity contribution in [1.82, 2.24) is 14.1 Å². The number of nitrogens with zero attached hydrogens (tertiary/aromatic N) is 3. The third-order valence-electron chi connectivity index (χ3n) is 5.19. The lowest BCUT2D eigenvalue weighted by atomic mass is 10.1. The van der Waals surface area contributed by atoms with Crippen LogP contribution >= 0.6 is 0 Å². The molecule has 0 spiro atoms. The highest BCUT2D eigenvalue weighted by Gasteiger charge is 2.27. The number of aromatic nitrogens is 2. The third kappa shape index (κ3) is 4.05. The zero-order valence-electron chi connectivity index (χ0n) is 16.4. The highest BCUT2D eigenvalue weighted by Crippen LogP contribution is 2.29. The Hall–Kier alpha value is -2.39. The second-order valence-corrected chi connectivity index (χ2v) is 9.08. The van der Waals surface area contributed by atoms with Crippen LogP contribution in [0, 0.1) is 13.8 Å². The van der Waals surface area contributed by atoms with Crippen LogP contribution in [0.3, 0.4) is 0 Å². The molecule has 152 valence electrons. The number of anilines is 1. The smallest absolute Gasteiger partial charge is 0.243 e. The molecular weight excluding hydrogens is 380 g/mol. The zero-order valence-corrected chi connectivity index (χ0v) is 17.2. The predicted octanol–water partition coefficient (Wildman–Crippen LogP) is 2.10. The monoisotopic (exact) mass is 406 g/mol. The molecule has 28 heavy (non-hydrogen) atoms. The summed E-state index contributed by atoms with van der Waals surface area (Å²) < 4.78 is 28.8. The quantitative estimate of drug-likeness (QED) is 0.740. The molecule has 8 nitrogen and oxygen atoms in total. The van der Waals surface area contributed by atoms with Crippen molar-refractivity contribution in [3.8, 4) is 5.75 Å². The van der Waals surface area contributed by atoms with Crippen molar-refractivity contribution in [2.45, 2.75) is 44.4 Å². The molecule has 1 aromatic heterocycles. The van der Waals surface area contributed by atoms with E-state index < -0.39 is 10.0 Å². The molecule has 1 aliphatic rings. The molecule has 0 unspecified atom stereocenters. The van der Waals surface area contributed by atoms with Gasteiger partial charge in [0.1, 0.15) is 5.75 Å². The lowest BCUT2D eigenvalue weighted by Crippen LogP contribution is -2.35. The Morgan fingerprint density at radius 2 is 1.89 bits per heavy atom. The number of benzene rings is 1. The minimum absolute atomic E-state index is 0.0660. The summed E-state index contributed by atoms with van der Waals surface area (Å²) in [5, 5.41) is 17.0. The van der Waals surface area contributed by atoms with Crippen molar-refractivity contribution in [3.63, 3.8) is 0 Å². The van der Waals surface area contributed by atoms with Gasteiger partial charge in [0.2, 0.25) is 15.9 Å². The van der Waals surface area contributed by atoms with Crippen LogP contribution in [-0.2, 0) is 28.3 Å². The second kappa shape index (κ2) is 7.92. The van der Waals surface area contributed by atoms with Gasteiger partial charge in [0.05, 0.1) is 22.7 Å². The number of carbonyl (C=O) groups excluding carboxylic acids is 1. The molecule has 0 aliphatic carbocycles. The van der Waals surface area contributed by atoms with Gasteiger partial charge in [-0.2, -0.15) is 9.40 Å². The first-order valence-corrected chi connectivity index (χ1v) is 10.8. The zero-order chi connectivity index (χ0) is 20.5. The number of hydrogen-bond donors (Lipinski definition) is 2. The average Bonchev–Trinajstić information content (AvgIpc) is 2.90. The highest BCUT2D eigenvalue weighted by atomic mass is 32.2. The van der Waals surface area contributed by atoms with Gasteiger partial charge < -0.3 is 10.4 Å². The fraction of sp³-hybridized carbons (Fsp3) is 0.474. The first-order chi connectivity index (χ1) is 13.2. The number of amides is 1. The number of nitrogens with one attached hydrogen (secondary N) is 1. The number of sulfonamides is 1. The molecule has 3 rings (SSSR count). The van der Waals surface area contributed by atoms with Crippen LogP contribution in [0.1, 0.15) is 36.2 Å². The maximum Gasteiger partial charge on any atom is 0.243 e. The molecule has 1 saturated heterocycles. The van der Waals surface area contributed by atoms with Gasteiger partial charge in [-0.1, -0.05) is 6.42 Å². The van der Waals surface area contributed by atoms with E-state index in [4.69, 9.17) is 0 Å². The van der Waals surface area contributed by atoms with E-state index in [1.165, 1.54) is 22.5 Å². The predicted molar refractivity (Wildman–Crippen MR) is 106 cm³/mol. The second-order valence-electron chi connectivity index (χ2n) is 7.14. The summed E-state index contributed by atoms with van der Waals surface area (Å²) in [6, 6.07) is 3.98. The molecule has 9 heteroatoms. The van der Waals surface area contributed by atoms with Crippen LogP contribution in [0.5, 0.6) is 5.75 Å². The number of piperidine rings is 1. The molecule has 1 fully saturated rings. The van der Waals surface area contributed by atoms with Gasteiger partial charge >= 0.3 is 0 Å². The van der Waals surface area contributed by atoms with Crippen LogP contribution in [0.4, 0.5) is 5.69 Å². The van der Waals surface area contributed by atoms with Crippen molar-refractivity contribution in [2.75, 3.05) is 18.4 Å². The number of phenols is 1. The van der Waals surface area contributed by atoms with Crippen LogP contribution in [0.15, 0.2) is 23.1 Å². The van der Waals surface area contributed by atoms with E-state index in [1.807, 2.05) is 20.9 Å². The summed E-state index contributed by atoms with van der Waals surface area (Å²) in [6.07, 6.45) is 2.79. The number of rotatable bonds is 5. The van der Waals surface area contributed by atoms with Crippen LogP contribution in [-0.4, -0.2) is 46.6 Å². The van der Waals surface area contributed by atoms with Crippen molar-refractivity contribution in [1.29, 1.82) is 0 Å². The molecule has 1 aromatic carbocycles. The lowest BCUT2D eigenvalue weighted by Gasteiger charge is -2.26. The van der Waals surface area contributed by atoms with E-state index in [-0.39, 0.29) is 28.7 Å². The fourth-order valence-electron chi connectivity index (χ4n) is 3.46. The highest BCUT2D eigenvalue weighted by molar-refractivity contribution is 7.89. The Kier molecular flexibility index (Phi) is 5.76. The number of hydrogen-bond acceptors (Lipinski definition) is 5. The molecule has 0 saturated carbocycles. The topological polar surface area (TPSA) is 105 Å². The number of aromatic hydroxyl groups is 1. The molecule has 1 amide bonds. The van der Waals surface area contributed by atoms with Gasteiger partial charge in [-0.15, -0.1) is 0 Å². The van der Waals surface area contributed by atoms with Crippen molar-refractivity contribution in [2.24, 2.45) is 7.05 Å². The minimum atomic E-state index is -3.65. The lowest BCUT2D eigenvalue weighted by molar-refractivity contribution is -0.115.